The van der Waals surface area contributed by atoms with Crippen molar-refractivity contribution < 1.29 is 5.11 Å². The molecule has 0 radical (unpaired) electrons. The van der Waals surface area contributed by atoms with Gasteiger partial charge in [-0.3, -0.25) is 0 Å². The van der Waals surface area contributed by atoms with E-state index in [9.17, 15) is 5.11 Å². The third-order valence-electron chi connectivity index (χ3n) is 3.33. The fraction of sp³-hybridized carbons (Fsp3) is 0.786. The molecular weight excluding hydrogens is 258 g/mol. The minimum Gasteiger partial charge on any atom is -0.393 e. The fourth-order valence-corrected chi connectivity index (χ4v) is 2.62. The van der Waals surface area contributed by atoms with Crippen LogP contribution >= 0.6 is 12.2 Å². The third-order valence-corrected chi connectivity index (χ3v) is 3.65. The molecule has 0 aromatic rings. The highest BCUT2D eigenvalue weighted by molar-refractivity contribution is 7.80. The zero-order valence-corrected chi connectivity index (χ0v) is 12.9. The number of rotatable bonds is 8. The van der Waals surface area contributed by atoms with Gasteiger partial charge in [-0.05, 0) is 37.9 Å². The number of thiocarbonyl (C=S) groups is 1. The molecule has 1 rings (SSSR count). The van der Waals surface area contributed by atoms with Crippen LogP contribution in [0.4, 0.5) is 0 Å². The summed E-state index contributed by atoms with van der Waals surface area (Å²) in [6.07, 6.45) is 4.33. The maximum atomic E-state index is 9.69. The van der Waals surface area contributed by atoms with E-state index < -0.39 is 0 Å². The molecule has 1 heterocycles. The number of aliphatic hydroxyl groups is 1. The molecule has 3 unspecified atom stereocenters. The fourth-order valence-electron chi connectivity index (χ4n) is 2.39. The lowest BCUT2D eigenvalue weighted by Gasteiger charge is -2.30. The van der Waals surface area contributed by atoms with Crippen LogP contribution in [-0.2, 0) is 0 Å². The Hall–Kier alpha value is -0.810. The lowest BCUT2D eigenvalue weighted by molar-refractivity contribution is 0.125. The first kappa shape index (κ1) is 16.2. The molecule has 3 atom stereocenters. The van der Waals surface area contributed by atoms with Gasteiger partial charge in [0, 0.05) is 12.5 Å². The molecule has 108 valence electrons. The maximum Gasteiger partial charge on any atom is 0.218 e. The number of hydrogen-bond donors (Lipinski definition) is 1. The summed E-state index contributed by atoms with van der Waals surface area (Å²) < 4.78 is 0. The summed E-state index contributed by atoms with van der Waals surface area (Å²) in [5.41, 5.74) is 0. The molecule has 1 aliphatic rings. The van der Waals surface area contributed by atoms with Crippen molar-refractivity contribution in [3.63, 3.8) is 0 Å². The summed E-state index contributed by atoms with van der Waals surface area (Å²) in [5.74, 6) is 0.932. The van der Waals surface area contributed by atoms with Crippen LogP contribution < -0.4 is 0 Å². The molecule has 0 aromatic heterocycles. The molecule has 0 fully saturated rings. The Morgan fingerprint density at radius 2 is 2.11 bits per heavy atom. The molecule has 0 saturated heterocycles. The second-order valence-electron chi connectivity index (χ2n) is 5.67. The van der Waals surface area contributed by atoms with E-state index in [0.29, 0.717) is 17.6 Å². The average molecular weight is 283 g/mol. The van der Waals surface area contributed by atoms with Crippen LogP contribution in [0.1, 0.15) is 40.0 Å². The largest absolute Gasteiger partial charge is 0.393 e. The Balaban J connectivity index is 2.74. The topological polar surface area (TPSA) is 48.2 Å². The molecule has 0 amide bonds. The van der Waals surface area contributed by atoms with Gasteiger partial charge in [0.1, 0.15) is 6.17 Å². The minimum atomic E-state index is -0.327. The van der Waals surface area contributed by atoms with E-state index >= 15 is 0 Å². The summed E-state index contributed by atoms with van der Waals surface area (Å²) in [6.45, 7) is 10.7. The summed E-state index contributed by atoms with van der Waals surface area (Å²) in [7, 11) is 0. The van der Waals surface area contributed by atoms with Crippen molar-refractivity contribution >= 4 is 17.3 Å². The van der Waals surface area contributed by atoms with Crippen molar-refractivity contribution in [2.45, 2.75) is 52.3 Å². The van der Waals surface area contributed by atoms with Gasteiger partial charge < -0.3 is 10.0 Å². The predicted octanol–water partition coefficient (Wildman–Crippen LogP) is 3.37. The summed E-state index contributed by atoms with van der Waals surface area (Å²) >= 11 is 5.21. The molecule has 4 nitrogen and oxygen atoms in total. The lowest BCUT2D eigenvalue weighted by atomic mass is 9.90. The van der Waals surface area contributed by atoms with E-state index in [2.05, 4.69) is 30.7 Å². The van der Waals surface area contributed by atoms with E-state index in [0.717, 1.165) is 19.3 Å². The first-order valence-corrected chi connectivity index (χ1v) is 7.37. The summed E-state index contributed by atoms with van der Waals surface area (Å²) in [5, 5.41) is 18.5. The monoisotopic (exact) mass is 283 g/mol. The van der Waals surface area contributed by atoms with Crippen LogP contribution in [0.15, 0.2) is 22.9 Å². The van der Waals surface area contributed by atoms with E-state index in [1.165, 1.54) is 0 Å². The van der Waals surface area contributed by atoms with Crippen molar-refractivity contribution in [2.75, 3.05) is 6.54 Å². The van der Waals surface area contributed by atoms with E-state index in [4.69, 9.17) is 12.2 Å². The standard InChI is InChI=1S/C14H25N3OS/c1-5-8-17-13(15-16-14(17)19)12(9-11(4)18)7-6-10(2)3/h5,10-13,18H,1,6-9H2,2-4H3. The van der Waals surface area contributed by atoms with Crippen molar-refractivity contribution in [1.82, 2.24) is 4.90 Å². The molecule has 0 saturated carbocycles. The first-order valence-electron chi connectivity index (χ1n) is 6.96. The van der Waals surface area contributed by atoms with E-state index in [-0.39, 0.29) is 18.2 Å². The molecule has 1 aliphatic heterocycles. The van der Waals surface area contributed by atoms with Gasteiger partial charge in [0.05, 0.1) is 6.10 Å². The van der Waals surface area contributed by atoms with Crippen LogP contribution in [0.3, 0.4) is 0 Å². The number of hydrogen-bond acceptors (Lipinski definition) is 3. The molecule has 19 heavy (non-hydrogen) atoms. The zero-order valence-electron chi connectivity index (χ0n) is 12.1. The van der Waals surface area contributed by atoms with Gasteiger partial charge in [-0.25, -0.2) is 0 Å². The third kappa shape index (κ3) is 4.99. The first-order chi connectivity index (χ1) is 8.95. The van der Waals surface area contributed by atoms with E-state index in [1.54, 1.807) is 0 Å². The Morgan fingerprint density at radius 3 is 2.63 bits per heavy atom. The van der Waals surface area contributed by atoms with Gasteiger partial charge in [0.2, 0.25) is 5.11 Å². The normalized spacial score (nSPS) is 22.1. The lowest BCUT2D eigenvalue weighted by Crippen LogP contribution is -2.39. The zero-order chi connectivity index (χ0) is 14.4. The van der Waals surface area contributed by atoms with Crippen LogP contribution in [0.2, 0.25) is 0 Å². The highest BCUT2D eigenvalue weighted by Gasteiger charge is 2.33. The quantitative estimate of drug-likeness (QED) is 0.549. The molecular formula is C14H25N3OS. The Kier molecular flexibility index (Phi) is 6.58. The van der Waals surface area contributed by atoms with Crippen LogP contribution in [0, 0.1) is 11.8 Å². The van der Waals surface area contributed by atoms with Gasteiger partial charge in [-0.2, -0.15) is 5.11 Å². The molecule has 0 bridgehead atoms. The van der Waals surface area contributed by atoms with Gasteiger partial charge in [-0.1, -0.05) is 26.3 Å². The highest BCUT2D eigenvalue weighted by atomic mass is 32.1. The minimum absolute atomic E-state index is 0.0427. The van der Waals surface area contributed by atoms with Crippen molar-refractivity contribution in [1.29, 1.82) is 0 Å². The summed E-state index contributed by atoms with van der Waals surface area (Å²) in [4.78, 5) is 2.00. The van der Waals surface area contributed by atoms with Crippen molar-refractivity contribution in [3.05, 3.63) is 12.7 Å². The van der Waals surface area contributed by atoms with Crippen LogP contribution in [-0.4, -0.2) is 33.9 Å². The smallest absolute Gasteiger partial charge is 0.218 e. The van der Waals surface area contributed by atoms with Crippen molar-refractivity contribution in [2.24, 2.45) is 22.1 Å². The molecule has 1 N–H and O–H groups in total. The maximum absolute atomic E-state index is 9.69. The Bertz CT molecular complexity index is 342. The van der Waals surface area contributed by atoms with Gasteiger partial charge in [-0.15, -0.1) is 11.7 Å². The molecule has 5 heteroatoms. The van der Waals surface area contributed by atoms with Gasteiger partial charge in [0.15, 0.2) is 0 Å². The second-order valence-corrected chi connectivity index (χ2v) is 6.03. The highest BCUT2D eigenvalue weighted by Crippen LogP contribution is 2.29. The van der Waals surface area contributed by atoms with Crippen LogP contribution in [0.5, 0.6) is 0 Å². The molecule has 0 aliphatic carbocycles. The number of azo groups is 1. The van der Waals surface area contributed by atoms with Crippen LogP contribution in [0.25, 0.3) is 0 Å². The van der Waals surface area contributed by atoms with E-state index in [1.807, 2.05) is 17.9 Å². The van der Waals surface area contributed by atoms with Crippen molar-refractivity contribution in [3.8, 4) is 0 Å². The number of nitrogens with zero attached hydrogens (tertiary/aromatic N) is 3. The number of aliphatic hydroxyl groups excluding tert-OH is 1. The molecule has 0 aromatic carbocycles. The Labute approximate surface area is 121 Å². The summed E-state index contributed by atoms with van der Waals surface area (Å²) in [6, 6.07) is 0. The predicted molar refractivity (Wildman–Crippen MR) is 82.0 cm³/mol. The average Bonchev–Trinajstić information content (AvgIpc) is 2.67. The second kappa shape index (κ2) is 7.70. The van der Waals surface area contributed by atoms with Gasteiger partial charge in [0.25, 0.3) is 0 Å². The molecule has 0 spiro atoms. The SMILES string of the molecule is C=CCN1C(=S)N=NC1C(CCC(C)C)CC(C)O. The Morgan fingerprint density at radius 1 is 1.42 bits per heavy atom. The van der Waals surface area contributed by atoms with Gasteiger partial charge >= 0.3 is 0 Å².